The Morgan fingerprint density at radius 3 is 1.26 bits per heavy atom. The Morgan fingerprint density at radius 1 is 0.558 bits per heavy atom. The van der Waals surface area contributed by atoms with Crippen LogP contribution < -0.4 is 50.3 Å². The summed E-state index contributed by atoms with van der Waals surface area (Å²) in [6.45, 7) is 7.94. The molecule has 43 heavy (non-hydrogen) atoms. The Bertz CT molecular complexity index is 1420. The summed E-state index contributed by atoms with van der Waals surface area (Å²) in [4.78, 5) is 0. The van der Waals surface area contributed by atoms with Gasteiger partial charge in [0.1, 0.15) is 23.2 Å². The van der Waals surface area contributed by atoms with Gasteiger partial charge in [-0.3, -0.25) is 0 Å². The van der Waals surface area contributed by atoms with Gasteiger partial charge in [-0.2, -0.15) is 0 Å². The zero-order valence-corrected chi connectivity index (χ0v) is 29.5. The Kier molecular flexibility index (Phi) is 10.1. The molecule has 5 aromatic carbocycles. The van der Waals surface area contributed by atoms with Gasteiger partial charge in [-0.05, 0) is 70.1 Å². The first-order chi connectivity index (χ1) is 20.4. The van der Waals surface area contributed by atoms with E-state index in [1.165, 1.54) is 38.9 Å². The van der Waals surface area contributed by atoms with Crippen molar-refractivity contribution in [1.82, 2.24) is 0 Å². The van der Waals surface area contributed by atoms with Gasteiger partial charge >= 0.3 is 0 Å². The summed E-state index contributed by atoms with van der Waals surface area (Å²) in [6.07, 6.45) is 2.41. The molecule has 1 fully saturated rings. The van der Waals surface area contributed by atoms with Crippen LogP contribution in [0.1, 0.15) is 27.2 Å². The van der Waals surface area contributed by atoms with Crippen LogP contribution in [0.2, 0.25) is 5.04 Å². The first kappa shape index (κ1) is 31.8. The molecule has 0 radical (unpaired) electrons. The largest absolute Gasteiger partial charge is 1.00 e. The first-order valence-corrected chi connectivity index (χ1v) is 19.1. The molecule has 0 unspecified atom stereocenters. The Labute approximate surface area is 277 Å². The van der Waals surface area contributed by atoms with Gasteiger partial charge in [0.2, 0.25) is 0 Å². The van der Waals surface area contributed by atoms with Crippen molar-refractivity contribution < 1.29 is 28.4 Å². The van der Waals surface area contributed by atoms with Gasteiger partial charge in [-0.25, -0.2) is 0 Å². The van der Waals surface area contributed by atoms with Crippen LogP contribution in [0.4, 0.5) is 0 Å². The van der Waals surface area contributed by atoms with E-state index in [0.29, 0.717) is 11.8 Å². The monoisotopic (exact) mass is 712 g/mol. The summed E-state index contributed by atoms with van der Waals surface area (Å²) >= 11 is 0. The van der Waals surface area contributed by atoms with E-state index in [1.54, 1.807) is 0 Å². The highest BCUT2D eigenvalue weighted by Crippen LogP contribution is 2.61. The summed E-state index contributed by atoms with van der Waals surface area (Å²) in [5.41, 5.74) is 0. The van der Waals surface area contributed by atoms with E-state index in [9.17, 15) is 0 Å². The average molecular weight is 713 g/mol. The van der Waals surface area contributed by atoms with Crippen LogP contribution in [-0.4, -0.2) is 21.1 Å². The molecule has 0 aliphatic heterocycles. The van der Waals surface area contributed by atoms with E-state index in [-0.39, 0.29) is 29.0 Å². The molecule has 2 atom stereocenters. The van der Waals surface area contributed by atoms with Gasteiger partial charge in [0.15, 0.2) is 0 Å². The highest BCUT2D eigenvalue weighted by molar-refractivity contribution is 7.95. The van der Waals surface area contributed by atoms with Gasteiger partial charge in [0.25, 0.3) is 8.32 Å². The van der Waals surface area contributed by atoms with E-state index in [2.05, 4.69) is 172 Å². The lowest BCUT2D eigenvalue weighted by Crippen LogP contribution is -3.00. The quantitative estimate of drug-likeness (QED) is 0.120. The standard InChI is InChI=1S/C39H42OPSi.HI/c1-39(2,3)42(37-25-15-7-16-26-37,38-27-17-8-18-28-38)40-30-32-29-33(32)31-41(34-19-9-4-10-20-34,35-21-11-5-12-22-35)36-23-13-6-14-24-36;/h4-28,32-33H,29-31H2,1-3H3;1H/q+1;/p-1/t32-,33-;/m1./s1. The van der Waals surface area contributed by atoms with Crippen molar-refractivity contribution in [3.63, 3.8) is 0 Å². The molecule has 4 heteroatoms. The zero-order chi connectivity index (χ0) is 29.0. The Morgan fingerprint density at radius 2 is 0.907 bits per heavy atom. The Balaban J connectivity index is 0.00000368. The van der Waals surface area contributed by atoms with Gasteiger partial charge in [0.05, 0.1) is 6.16 Å². The van der Waals surface area contributed by atoms with Crippen molar-refractivity contribution in [2.75, 3.05) is 12.8 Å². The lowest BCUT2D eigenvalue weighted by atomic mass is 10.2. The minimum atomic E-state index is -2.54. The van der Waals surface area contributed by atoms with Crippen LogP contribution in [0.25, 0.3) is 0 Å². The molecule has 1 aliphatic carbocycles. The van der Waals surface area contributed by atoms with E-state index >= 15 is 0 Å². The van der Waals surface area contributed by atoms with Gasteiger partial charge in [-0.15, -0.1) is 0 Å². The van der Waals surface area contributed by atoms with Crippen molar-refractivity contribution in [3.8, 4) is 0 Å². The molecule has 6 rings (SSSR count). The fourth-order valence-corrected chi connectivity index (χ4v) is 16.2. The minimum absolute atomic E-state index is 0. The Hall–Kier alpha value is -2.56. The lowest BCUT2D eigenvalue weighted by Gasteiger charge is -2.43. The van der Waals surface area contributed by atoms with Crippen LogP contribution in [0.3, 0.4) is 0 Å². The van der Waals surface area contributed by atoms with Crippen LogP contribution in [0, 0.1) is 11.8 Å². The van der Waals surface area contributed by atoms with Gasteiger partial charge in [-0.1, -0.05) is 136 Å². The molecule has 0 bridgehead atoms. The molecule has 0 heterocycles. The normalized spacial score (nSPS) is 16.7. The fraction of sp³-hybridized carbons (Fsp3) is 0.231. The molecule has 0 N–H and O–H groups in total. The summed E-state index contributed by atoms with van der Waals surface area (Å²) in [7, 11) is -4.38. The number of benzene rings is 5. The molecule has 0 spiro atoms. The molecular formula is C39H42IOPSi. The smallest absolute Gasteiger partial charge is 0.261 e. The van der Waals surface area contributed by atoms with E-state index in [0.717, 1.165) is 6.61 Å². The van der Waals surface area contributed by atoms with Crippen molar-refractivity contribution in [3.05, 3.63) is 152 Å². The molecule has 0 aromatic heterocycles. The molecule has 5 aromatic rings. The SMILES string of the molecule is CC(C)(C)[Si](OC[C@H]1C[C@@H]1C[P+](c1ccccc1)(c1ccccc1)c1ccccc1)(c1ccccc1)c1ccccc1.[I-]. The molecule has 1 aliphatic rings. The molecular weight excluding hydrogens is 670 g/mol. The zero-order valence-electron chi connectivity index (χ0n) is 25.4. The fourth-order valence-electron chi connectivity index (χ4n) is 6.89. The summed E-state index contributed by atoms with van der Waals surface area (Å²) in [5, 5.41) is 7.14. The van der Waals surface area contributed by atoms with Gasteiger partial charge < -0.3 is 28.4 Å². The van der Waals surface area contributed by atoms with E-state index < -0.39 is 15.6 Å². The lowest BCUT2D eigenvalue weighted by molar-refractivity contribution is -0.00000898. The third kappa shape index (κ3) is 6.33. The topological polar surface area (TPSA) is 9.23 Å². The summed E-state index contributed by atoms with van der Waals surface area (Å²) in [5.74, 6) is 1.21. The van der Waals surface area contributed by atoms with Crippen molar-refractivity contribution in [2.45, 2.75) is 32.2 Å². The molecule has 1 saturated carbocycles. The predicted molar refractivity (Wildman–Crippen MR) is 185 cm³/mol. The predicted octanol–water partition coefficient (Wildman–Crippen LogP) is 4.20. The van der Waals surface area contributed by atoms with Crippen molar-refractivity contribution >= 4 is 41.9 Å². The van der Waals surface area contributed by atoms with Crippen LogP contribution in [0.15, 0.2) is 152 Å². The van der Waals surface area contributed by atoms with Gasteiger partial charge in [0, 0.05) is 6.61 Å². The van der Waals surface area contributed by atoms with E-state index in [1.807, 2.05) is 0 Å². The van der Waals surface area contributed by atoms with Crippen molar-refractivity contribution in [1.29, 1.82) is 0 Å². The maximum absolute atomic E-state index is 7.40. The molecule has 0 saturated heterocycles. The number of hydrogen-bond donors (Lipinski definition) is 0. The minimum Gasteiger partial charge on any atom is -1.00 e. The first-order valence-electron chi connectivity index (χ1n) is 15.2. The third-order valence-electron chi connectivity index (χ3n) is 9.10. The number of hydrogen-bond acceptors (Lipinski definition) is 1. The van der Waals surface area contributed by atoms with Crippen LogP contribution >= 0.6 is 7.26 Å². The second-order valence-corrected chi connectivity index (χ2v) is 20.6. The molecule has 220 valence electrons. The third-order valence-corrected chi connectivity index (χ3v) is 18.7. The molecule has 0 amide bonds. The van der Waals surface area contributed by atoms with Crippen LogP contribution in [-0.2, 0) is 4.43 Å². The maximum Gasteiger partial charge on any atom is 0.261 e. The second-order valence-electron chi connectivity index (χ2n) is 12.7. The number of rotatable bonds is 10. The van der Waals surface area contributed by atoms with Crippen LogP contribution in [0.5, 0.6) is 0 Å². The average Bonchev–Trinajstić information content (AvgIpc) is 3.79. The highest BCUT2D eigenvalue weighted by atomic mass is 127. The summed E-state index contributed by atoms with van der Waals surface area (Å²) in [6, 6.07) is 56.0. The van der Waals surface area contributed by atoms with Crippen molar-refractivity contribution in [2.24, 2.45) is 11.8 Å². The maximum atomic E-state index is 7.40. The number of halogens is 1. The molecule has 1 nitrogen and oxygen atoms in total. The highest BCUT2D eigenvalue weighted by Gasteiger charge is 2.55. The summed E-state index contributed by atoms with van der Waals surface area (Å²) < 4.78 is 7.40. The second kappa shape index (κ2) is 13.6. The van der Waals surface area contributed by atoms with E-state index in [4.69, 9.17) is 4.43 Å².